The Morgan fingerprint density at radius 1 is 1.53 bits per heavy atom. The van der Waals surface area contributed by atoms with Gasteiger partial charge in [0, 0.05) is 10.5 Å². The lowest BCUT2D eigenvalue weighted by Crippen LogP contribution is -2.01. The molecule has 0 saturated heterocycles. The van der Waals surface area contributed by atoms with Crippen LogP contribution in [-0.4, -0.2) is 19.7 Å². The second-order valence-corrected chi connectivity index (χ2v) is 3.93. The van der Waals surface area contributed by atoms with E-state index in [-0.39, 0.29) is 17.2 Å². The average molecular weight is 294 g/mol. The lowest BCUT2D eigenvalue weighted by atomic mass is 10.3. The first-order chi connectivity index (χ1) is 8.11. The number of rotatable bonds is 2. The summed E-state index contributed by atoms with van der Waals surface area (Å²) in [4.78, 5) is 14.1. The van der Waals surface area contributed by atoms with E-state index in [1.165, 1.54) is 23.1 Å². The standard InChI is InChI=1S/C9H4BrN5O2/c10-6-1-2-7(8(3-6)15(16)17)14-5-12-9(4-11)13-14/h1-3,5H. The molecule has 0 N–H and O–H groups in total. The van der Waals surface area contributed by atoms with Crippen molar-refractivity contribution in [3.8, 4) is 11.8 Å². The third kappa shape index (κ3) is 2.14. The highest BCUT2D eigenvalue weighted by molar-refractivity contribution is 9.10. The second-order valence-electron chi connectivity index (χ2n) is 3.01. The van der Waals surface area contributed by atoms with E-state index in [0.29, 0.717) is 4.47 Å². The fraction of sp³-hybridized carbons (Fsp3) is 0. The second kappa shape index (κ2) is 4.31. The molecule has 2 aromatic rings. The molecule has 2 rings (SSSR count). The van der Waals surface area contributed by atoms with Gasteiger partial charge in [-0.3, -0.25) is 10.1 Å². The molecule has 0 bridgehead atoms. The molecule has 0 aliphatic heterocycles. The summed E-state index contributed by atoms with van der Waals surface area (Å²) in [7, 11) is 0. The zero-order chi connectivity index (χ0) is 12.4. The Balaban J connectivity index is 2.59. The maximum Gasteiger partial charge on any atom is 0.296 e. The molecule has 0 atom stereocenters. The van der Waals surface area contributed by atoms with Crippen molar-refractivity contribution in [1.82, 2.24) is 14.8 Å². The fourth-order valence-corrected chi connectivity index (χ4v) is 1.62. The number of benzene rings is 1. The summed E-state index contributed by atoms with van der Waals surface area (Å²) in [5.74, 6) is -0.0396. The number of hydrogen-bond acceptors (Lipinski definition) is 5. The Morgan fingerprint density at radius 2 is 2.29 bits per heavy atom. The van der Waals surface area contributed by atoms with E-state index < -0.39 is 4.92 Å². The van der Waals surface area contributed by atoms with E-state index in [2.05, 4.69) is 26.0 Å². The van der Waals surface area contributed by atoms with Crippen LogP contribution in [0.4, 0.5) is 5.69 Å². The Hall–Kier alpha value is -2.27. The van der Waals surface area contributed by atoms with Gasteiger partial charge in [0.05, 0.1) is 4.92 Å². The molecule has 0 spiro atoms. The van der Waals surface area contributed by atoms with Crippen LogP contribution in [0.15, 0.2) is 29.0 Å². The Morgan fingerprint density at radius 3 is 2.88 bits per heavy atom. The molecule has 1 heterocycles. The van der Waals surface area contributed by atoms with Crippen LogP contribution in [0.25, 0.3) is 5.69 Å². The predicted octanol–water partition coefficient (Wildman–Crippen LogP) is 1.81. The molecule has 0 amide bonds. The SMILES string of the molecule is N#Cc1ncn(-c2ccc(Br)cc2[N+](=O)[O-])n1. The van der Waals surface area contributed by atoms with Crippen LogP contribution in [0.2, 0.25) is 0 Å². The highest BCUT2D eigenvalue weighted by Crippen LogP contribution is 2.25. The van der Waals surface area contributed by atoms with E-state index in [1.54, 1.807) is 12.1 Å². The van der Waals surface area contributed by atoms with Gasteiger partial charge in [-0.25, -0.2) is 9.67 Å². The monoisotopic (exact) mass is 293 g/mol. The van der Waals surface area contributed by atoms with Gasteiger partial charge in [-0.2, -0.15) is 5.26 Å². The summed E-state index contributed by atoms with van der Waals surface area (Å²) in [6.45, 7) is 0. The minimum absolute atomic E-state index is 0.0396. The smallest absolute Gasteiger partial charge is 0.258 e. The van der Waals surface area contributed by atoms with Crippen LogP contribution in [0.3, 0.4) is 0 Å². The normalized spacial score (nSPS) is 9.88. The lowest BCUT2D eigenvalue weighted by molar-refractivity contribution is -0.384. The van der Waals surface area contributed by atoms with Gasteiger partial charge in [0.2, 0.25) is 0 Å². The number of halogens is 1. The lowest BCUT2D eigenvalue weighted by Gasteiger charge is -2.01. The van der Waals surface area contributed by atoms with Gasteiger partial charge in [-0.1, -0.05) is 15.9 Å². The number of aromatic nitrogens is 3. The minimum atomic E-state index is -0.520. The third-order valence-electron chi connectivity index (χ3n) is 1.97. The number of nitro benzene ring substituents is 1. The molecule has 17 heavy (non-hydrogen) atoms. The van der Waals surface area contributed by atoms with Gasteiger partial charge in [0.25, 0.3) is 11.5 Å². The van der Waals surface area contributed by atoms with Crippen molar-refractivity contribution in [2.45, 2.75) is 0 Å². The maximum atomic E-state index is 10.9. The summed E-state index contributed by atoms with van der Waals surface area (Å²) in [5, 5.41) is 23.3. The van der Waals surface area contributed by atoms with Crippen LogP contribution >= 0.6 is 15.9 Å². The van der Waals surface area contributed by atoms with Crippen molar-refractivity contribution in [1.29, 1.82) is 5.26 Å². The summed E-state index contributed by atoms with van der Waals surface area (Å²) in [6, 6.07) is 6.29. The molecule has 84 valence electrons. The summed E-state index contributed by atoms with van der Waals surface area (Å²) >= 11 is 3.15. The zero-order valence-electron chi connectivity index (χ0n) is 8.24. The molecule has 1 aromatic carbocycles. The molecule has 0 radical (unpaired) electrons. The first-order valence-electron chi connectivity index (χ1n) is 4.38. The zero-order valence-corrected chi connectivity index (χ0v) is 9.83. The largest absolute Gasteiger partial charge is 0.296 e. The summed E-state index contributed by atoms with van der Waals surface area (Å²) < 4.78 is 1.79. The van der Waals surface area contributed by atoms with E-state index in [9.17, 15) is 10.1 Å². The van der Waals surface area contributed by atoms with Crippen molar-refractivity contribution < 1.29 is 4.92 Å². The molecule has 1 aromatic heterocycles. The molecular weight excluding hydrogens is 290 g/mol. The molecule has 7 nitrogen and oxygen atoms in total. The van der Waals surface area contributed by atoms with Crippen LogP contribution < -0.4 is 0 Å². The van der Waals surface area contributed by atoms with Gasteiger partial charge in [0.1, 0.15) is 18.1 Å². The van der Waals surface area contributed by atoms with Crippen molar-refractivity contribution in [2.75, 3.05) is 0 Å². The van der Waals surface area contributed by atoms with Gasteiger partial charge < -0.3 is 0 Å². The van der Waals surface area contributed by atoms with Crippen LogP contribution in [0.1, 0.15) is 5.82 Å². The number of nitriles is 1. The van der Waals surface area contributed by atoms with E-state index in [1.807, 2.05) is 0 Å². The minimum Gasteiger partial charge on any atom is -0.258 e. The molecule has 0 aliphatic rings. The Labute approximate surface area is 104 Å². The molecule has 0 saturated carbocycles. The topological polar surface area (TPSA) is 97.6 Å². The third-order valence-corrected chi connectivity index (χ3v) is 2.47. The van der Waals surface area contributed by atoms with Gasteiger partial charge in [-0.15, -0.1) is 5.10 Å². The fourth-order valence-electron chi connectivity index (χ4n) is 1.27. The molecule has 0 fully saturated rings. The number of hydrogen-bond donors (Lipinski definition) is 0. The Bertz CT molecular complexity index is 631. The molecule has 8 heteroatoms. The number of nitrogens with zero attached hydrogens (tertiary/aromatic N) is 5. The first kappa shape index (κ1) is 11.2. The quantitative estimate of drug-likeness (QED) is 0.621. The number of nitro groups is 1. The van der Waals surface area contributed by atoms with E-state index in [4.69, 9.17) is 5.26 Å². The van der Waals surface area contributed by atoms with E-state index in [0.717, 1.165) is 0 Å². The van der Waals surface area contributed by atoms with Crippen molar-refractivity contribution >= 4 is 21.6 Å². The van der Waals surface area contributed by atoms with Gasteiger partial charge in [0.15, 0.2) is 0 Å². The molecule has 0 aliphatic carbocycles. The summed E-state index contributed by atoms with van der Waals surface area (Å²) in [5.41, 5.74) is 0.140. The Kier molecular flexibility index (Phi) is 2.84. The average Bonchev–Trinajstić information content (AvgIpc) is 2.77. The van der Waals surface area contributed by atoms with Crippen molar-refractivity contribution in [3.05, 3.63) is 44.9 Å². The van der Waals surface area contributed by atoms with Crippen LogP contribution in [0, 0.1) is 21.4 Å². The highest BCUT2D eigenvalue weighted by Gasteiger charge is 2.17. The van der Waals surface area contributed by atoms with Crippen molar-refractivity contribution in [2.24, 2.45) is 0 Å². The molecule has 0 unspecified atom stereocenters. The van der Waals surface area contributed by atoms with Crippen molar-refractivity contribution in [3.63, 3.8) is 0 Å². The maximum absolute atomic E-state index is 10.9. The molecular formula is C9H4BrN5O2. The summed E-state index contributed by atoms with van der Waals surface area (Å²) in [6.07, 6.45) is 1.26. The van der Waals surface area contributed by atoms with Gasteiger partial charge in [-0.05, 0) is 12.1 Å². The van der Waals surface area contributed by atoms with Crippen LogP contribution in [0.5, 0.6) is 0 Å². The highest BCUT2D eigenvalue weighted by atomic mass is 79.9. The van der Waals surface area contributed by atoms with E-state index >= 15 is 0 Å². The van der Waals surface area contributed by atoms with Gasteiger partial charge >= 0.3 is 0 Å². The predicted molar refractivity (Wildman–Crippen MR) is 60.4 cm³/mol. The van der Waals surface area contributed by atoms with Crippen LogP contribution in [-0.2, 0) is 0 Å². The first-order valence-corrected chi connectivity index (χ1v) is 5.17.